The van der Waals surface area contributed by atoms with E-state index in [9.17, 15) is 4.39 Å². The van der Waals surface area contributed by atoms with Crippen molar-refractivity contribution < 1.29 is 4.39 Å². The Bertz CT molecular complexity index is 505. The lowest BCUT2D eigenvalue weighted by Crippen LogP contribution is -2.40. The fourth-order valence-corrected chi connectivity index (χ4v) is 3.75. The molecule has 1 heterocycles. The summed E-state index contributed by atoms with van der Waals surface area (Å²) in [5, 5.41) is 0. The zero-order chi connectivity index (χ0) is 14.7. The van der Waals surface area contributed by atoms with Crippen LogP contribution in [0.4, 0.5) is 10.1 Å². The van der Waals surface area contributed by atoms with Gasteiger partial charge < -0.3 is 10.6 Å². The molecule has 1 aliphatic rings. The maximum Gasteiger partial charge on any atom is 0.161 e. The minimum atomic E-state index is -0.252. The number of benzene rings is 1. The van der Waals surface area contributed by atoms with Crippen LogP contribution in [0.1, 0.15) is 44.6 Å². The van der Waals surface area contributed by atoms with Gasteiger partial charge in [-0.15, -0.1) is 0 Å². The van der Waals surface area contributed by atoms with Gasteiger partial charge in [-0.3, -0.25) is 0 Å². The first kappa shape index (κ1) is 15.7. The molecule has 1 aliphatic heterocycles. The Morgan fingerprint density at radius 1 is 1.50 bits per heavy atom. The van der Waals surface area contributed by atoms with E-state index in [0.29, 0.717) is 21.8 Å². The second kappa shape index (κ2) is 6.85. The molecule has 110 valence electrons. The molecular formula is C15H20BrFN2S. The maximum absolute atomic E-state index is 14.6. The first-order valence-electron chi connectivity index (χ1n) is 7.10. The minimum Gasteiger partial charge on any atom is -0.389 e. The molecule has 2 nitrogen and oxygen atoms in total. The van der Waals surface area contributed by atoms with E-state index < -0.39 is 0 Å². The van der Waals surface area contributed by atoms with Crippen LogP contribution >= 0.6 is 28.1 Å². The zero-order valence-electron chi connectivity index (χ0n) is 11.7. The molecule has 2 N–H and O–H groups in total. The summed E-state index contributed by atoms with van der Waals surface area (Å²) in [6.45, 7) is 3.09. The molecule has 1 unspecified atom stereocenters. The van der Waals surface area contributed by atoms with Gasteiger partial charge in [0, 0.05) is 18.2 Å². The van der Waals surface area contributed by atoms with Gasteiger partial charge in [-0.05, 0) is 53.7 Å². The third-order valence-corrected chi connectivity index (χ3v) is 4.88. The summed E-state index contributed by atoms with van der Waals surface area (Å²) in [6, 6.07) is 4.05. The lowest BCUT2D eigenvalue weighted by atomic mass is 9.97. The highest BCUT2D eigenvalue weighted by molar-refractivity contribution is 9.10. The number of anilines is 1. The summed E-state index contributed by atoms with van der Waals surface area (Å²) in [6.07, 6.45) is 5.72. The van der Waals surface area contributed by atoms with Gasteiger partial charge in [0.25, 0.3) is 0 Å². The number of thiocarbonyl (C=S) groups is 1. The Morgan fingerprint density at radius 3 is 2.90 bits per heavy atom. The van der Waals surface area contributed by atoms with Crippen molar-refractivity contribution in [3.05, 3.63) is 28.0 Å². The normalized spacial score (nSPS) is 19.1. The van der Waals surface area contributed by atoms with E-state index in [4.69, 9.17) is 18.0 Å². The Hall–Kier alpha value is -0.680. The van der Waals surface area contributed by atoms with Crippen LogP contribution in [0.2, 0.25) is 0 Å². The standard InChI is InChI=1S/C15H20BrFN2S/c1-2-5-10-6-3-4-9-19(10)12-8-7-11(15(18)20)13(16)14(12)17/h7-8,10H,2-6,9H2,1H3,(H2,18,20). The molecule has 1 aromatic rings. The van der Waals surface area contributed by atoms with E-state index in [1.165, 1.54) is 6.42 Å². The van der Waals surface area contributed by atoms with Crippen molar-refractivity contribution in [2.45, 2.75) is 45.1 Å². The van der Waals surface area contributed by atoms with Gasteiger partial charge >= 0.3 is 0 Å². The Kier molecular flexibility index (Phi) is 5.38. The quantitative estimate of drug-likeness (QED) is 0.809. The van der Waals surface area contributed by atoms with E-state index in [2.05, 4.69) is 27.8 Å². The van der Waals surface area contributed by atoms with Crippen LogP contribution in [0.5, 0.6) is 0 Å². The smallest absolute Gasteiger partial charge is 0.161 e. The molecule has 5 heteroatoms. The van der Waals surface area contributed by atoms with Crippen molar-refractivity contribution in [2.24, 2.45) is 5.73 Å². The van der Waals surface area contributed by atoms with Crippen LogP contribution < -0.4 is 10.6 Å². The molecule has 0 spiro atoms. The molecule has 0 saturated carbocycles. The summed E-state index contributed by atoms with van der Waals surface area (Å²) in [4.78, 5) is 2.42. The van der Waals surface area contributed by atoms with Gasteiger partial charge in [0.1, 0.15) is 4.99 Å². The monoisotopic (exact) mass is 358 g/mol. The van der Waals surface area contributed by atoms with Crippen molar-refractivity contribution in [3.8, 4) is 0 Å². The number of hydrogen-bond acceptors (Lipinski definition) is 2. The van der Waals surface area contributed by atoms with Crippen LogP contribution in [0.15, 0.2) is 16.6 Å². The number of halogens is 2. The number of nitrogens with two attached hydrogens (primary N) is 1. The first-order chi connectivity index (χ1) is 9.56. The minimum absolute atomic E-state index is 0.214. The van der Waals surface area contributed by atoms with Crippen molar-refractivity contribution in [1.82, 2.24) is 0 Å². The average Bonchev–Trinajstić information content (AvgIpc) is 2.43. The summed E-state index contributed by atoms with van der Waals surface area (Å²) in [5.74, 6) is -0.252. The molecule has 0 bridgehead atoms. The second-order valence-electron chi connectivity index (χ2n) is 5.26. The molecule has 20 heavy (non-hydrogen) atoms. The van der Waals surface area contributed by atoms with Crippen molar-refractivity contribution in [1.29, 1.82) is 0 Å². The Balaban J connectivity index is 2.36. The SMILES string of the molecule is CCCC1CCCCN1c1ccc(C(N)=S)c(Br)c1F. The van der Waals surface area contributed by atoms with Crippen molar-refractivity contribution in [3.63, 3.8) is 0 Å². The maximum atomic E-state index is 14.6. The Morgan fingerprint density at radius 2 is 2.25 bits per heavy atom. The predicted octanol–water partition coefficient (Wildman–Crippen LogP) is 4.38. The number of hydrogen-bond donors (Lipinski definition) is 1. The van der Waals surface area contributed by atoms with Crippen LogP contribution in [0.3, 0.4) is 0 Å². The highest BCUT2D eigenvalue weighted by Gasteiger charge is 2.25. The van der Waals surface area contributed by atoms with Gasteiger partial charge in [0.15, 0.2) is 5.82 Å². The fraction of sp³-hybridized carbons (Fsp3) is 0.533. The lowest BCUT2D eigenvalue weighted by Gasteiger charge is -2.38. The number of piperidine rings is 1. The molecule has 1 saturated heterocycles. The topological polar surface area (TPSA) is 29.3 Å². The van der Waals surface area contributed by atoms with Gasteiger partial charge in [-0.2, -0.15) is 0 Å². The van der Waals surface area contributed by atoms with Crippen molar-refractivity contribution in [2.75, 3.05) is 11.4 Å². The summed E-state index contributed by atoms with van der Waals surface area (Å²) in [5.41, 5.74) is 6.83. The summed E-state index contributed by atoms with van der Waals surface area (Å²) < 4.78 is 15.0. The van der Waals surface area contributed by atoms with Crippen LogP contribution in [0, 0.1) is 5.82 Å². The molecule has 0 radical (unpaired) electrons. The number of nitrogens with zero attached hydrogens (tertiary/aromatic N) is 1. The molecule has 1 aromatic carbocycles. The highest BCUT2D eigenvalue weighted by Crippen LogP contribution is 2.34. The van der Waals surface area contributed by atoms with E-state index >= 15 is 0 Å². The first-order valence-corrected chi connectivity index (χ1v) is 8.30. The van der Waals surface area contributed by atoms with E-state index in [0.717, 1.165) is 32.2 Å². The molecular weight excluding hydrogens is 339 g/mol. The second-order valence-corrected chi connectivity index (χ2v) is 6.49. The van der Waals surface area contributed by atoms with Gasteiger partial charge in [-0.1, -0.05) is 25.6 Å². The van der Waals surface area contributed by atoms with Gasteiger partial charge in [-0.25, -0.2) is 4.39 Å². The predicted molar refractivity (Wildman–Crippen MR) is 89.9 cm³/mol. The third-order valence-electron chi connectivity index (χ3n) is 3.89. The molecule has 1 atom stereocenters. The van der Waals surface area contributed by atoms with Crippen LogP contribution in [-0.2, 0) is 0 Å². The number of rotatable bonds is 4. The fourth-order valence-electron chi connectivity index (χ4n) is 2.90. The highest BCUT2D eigenvalue weighted by atomic mass is 79.9. The molecule has 0 amide bonds. The lowest BCUT2D eigenvalue weighted by molar-refractivity contribution is 0.428. The van der Waals surface area contributed by atoms with Crippen molar-refractivity contribution >= 4 is 38.8 Å². The van der Waals surface area contributed by atoms with E-state index in [-0.39, 0.29) is 10.8 Å². The third kappa shape index (κ3) is 3.14. The Labute approximate surface area is 133 Å². The largest absolute Gasteiger partial charge is 0.389 e. The molecule has 0 aromatic heterocycles. The van der Waals surface area contributed by atoms with E-state index in [1.54, 1.807) is 0 Å². The van der Waals surface area contributed by atoms with Gasteiger partial charge in [0.05, 0.1) is 10.2 Å². The molecule has 0 aliphatic carbocycles. The van der Waals surface area contributed by atoms with Gasteiger partial charge in [0.2, 0.25) is 0 Å². The van der Waals surface area contributed by atoms with Crippen LogP contribution in [0.25, 0.3) is 0 Å². The molecule has 1 fully saturated rings. The van der Waals surface area contributed by atoms with Crippen LogP contribution in [-0.4, -0.2) is 17.6 Å². The summed E-state index contributed by atoms with van der Waals surface area (Å²) >= 11 is 8.23. The summed E-state index contributed by atoms with van der Waals surface area (Å²) in [7, 11) is 0. The molecule has 2 rings (SSSR count). The average molecular weight is 359 g/mol. The zero-order valence-corrected chi connectivity index (χ0v) is 14.1. The van der Waals surface area contributed by atoms with E-state index in [1.807, 2.05) is 12.1 Å².